The molecule has 1 aromatic carbocycles. The van der Waals surface area contributed by atoms with Gasteiger partial charge >= 0.3 is 0 Å². The molecule has 0 radical (unpaired) electrons. The number of piperazine rings is 1. The van der Waals surface area contributed by atoms with Crippen molar-refractivity contribution in [2.75, 3.05) is 31.1 Å². The van der Waals surface area contributed by atoms with E-state index >= 15 is 0 Å². The number of aromatic nitrogens is 2. The zero-order valence-corrected chi connectivity index (χ0v) is 13.2. The van der Waals surface area contributed by atoms with E-state index in [-0.39, 0.29) is 17.4 Å². The minimum absolute atomic E-state index is 0.0140. The van der Waals surface area contributed by atoms with Crippen molar-refractivity contribution in [1.82, 2.24) is 20.0 Å². The first-order valence-corrected chi connectivity index (χ1v) is 8.77. The number of H-pyrrole nitrogens is 1. The molecule has 2 heterocycles. The Balaban J connectivity index is 1.68. The van der Waals surface area contributed by atoms with Crippen LogP contribution in [0.3, 0.4) is 0 Å². The standard InChI is InChI=1S/C14H18FN5O2S/c15-12-7-11(1-2-13(12)20-5-3-16-4-6-20)8-19-23(21,22)14-9-17-10-18-14/h1-2,7,9-10,16,19H,3-6,8H2,(H,17,18). The minimum atomic E-state index is -3.67. The van der Waals surface area contributed by atoms with Crippen molar-refractivity contribution in [3.8, 4) is 0 Å². The van der Waals surface area contributed by atoms with E-state index in [4.69, 9.17) is 0 Å². The molecule has 0 amide bonds. The Morgan fingerprint density at radius 3 is 2.74 bits per heavy atom. The zero-order chi connectivity index (χ0) is 16.3. The maximum Gasteiger partial charge on any atom is 0.257 e. The summed E-state index contributed by atoms with van der Waals surface area (Å²) >= 11 is 0. The average Bonchev–Trinajstić information content (AvgIpc) is 3.09. The number of aromatic amines is 1. The van der Waals surface area contributed by atoms with Crippen molar-refractivity contribution in [3.63, 3.8) is 0 Å². The summed E-state index contributed by atoms with van der Waals surface area (Å²) in [6.07, 6.45) is 2.51. The lowest BCUT2D eigenvalue weighted by Gasteiger charge is -2.29. The van der Waals surface area contributed by atoms with Gasteiger partial charge in [-0.05, 0) is 17.7 Å². The number of sulfonamides is 1. The van der Waals surface area contributed by atoms with E-state index in [1.54, 1.807) is 12.1 Å². The van der Waals surface area contributed by atoms with Crippen molar-refractivity contribution in [3.05, 3.63) is 42.1 Å². The van der Waals surface area contributed by atoms with Crippen LogP contribution in [0.5, 0.6) is 0 Å². The predicted octanol–water partition coefficient (Wildman–Crippen LogP) is 0.437. The third kappa shape index (κ3) is 3.69. The first-order valence-electron chi connectivity index (χ1n) is 7.28. The second-order valence-corrected chi connectivity index (χ2v) is 7.00. The Hall–Kier alpha value is -1.97. The Morgan fingerprint density at radius 1 is 1.30 bits per heavy atom. The summed E-state index contributed by atoms with van der Waals surface area (Å²) < 4.78 is 40.6. The highest BCUT2D eigenvalue weighted by Gasteiger charge is 2.17. The van der Waals surface area contributed by atoms with Gasteiger partial charge in [-0.25, -0.2) is 22.5 Å². The van der Waals surface area contributed by atoms with Crippen LogP contribution in [0.4, 0.5) is 10.1 Å². The van der Waals surface area contributed by atoms with E-state index in [0.29, 0.717) is 11.3 Å². The predicted molar refractivity (Wildman–Crippen MR) is 84.1 cm³/mol. The third-order valence-corrected chi connectivity index (χ3v) is 5.03. The highest BCUT2D eigenvalue weighted by molar-refractivity contribution is 7.89. The number of rotatable bonds is 5. The van der Waals surface area contributed by atoms with Crippen LogP contribution in [-0.4, -0.2) is 44.6 Å². The first kappa shape index (κ1) is 15.9. The number of nitrogens with one attached hydrogen (secondary N) is 3. The molecule has 1 aliphatic rings. The van der Waals surface area contributed by atoms with E-state index in [2.05, 4.69) is 20.0 Å². The largest absolute Gasteiger partial charge is 0.367 e. The molecule has 1 fully saturated rings. The SMILES string of the molecule is O=S(=O)(NCc1ccc(N2CCNCC2)c(F)c1)c1cnc[nH]1. The van der Waals surface area contributed by atoms with Crippen LogP contribution in [0, 0.1) is 5.82 Å². The fraction of sp³-hybridized carbons (Fsp3) is 0.357. The molecule has 3 rings (SSSR count). The number of halogens is 1. The monoisotopic (exact) mass is 339 g/mol. The first-order chi connectivity index (χ1) is 11.1. The fourth-order valence-electron chi connectivity index (χ4n) is 2.47. The summed E-state index contributed by atoms with van der Waals surface area (Å²) in [5.74, 6) is -0.342. The maximum atomic E-state index is 14.3. The van der Waals surface area contributed by atoms with Gasteiger partial charge in [0.2, 0.25) is 0 Å². The lowest BCUT2D eigenvalue weighted by atomic mass is 10.1. The number of anilines is 1. The molecule has 3 N–H and O–H groups in total. The molecule has 0 spiro atoms. The summed E-state index contributed by atoms with van der Waals surface area (Å²) in [5.41, 5.74) is 1.11. The topological polar surface area (TPSA) is 90.1 Å². The Kier molecular flexibility index (Phi) is 4.60. The molecule has 0 unspecified atom stereocenters. The Bertz CT molecular complexity index is 757. The van der Waals surface area contributed by atoms with E-state index in [9.17, 15) is 12.8 Å². The molecule has 23 heavy (non-hydrogen) atoms. The minimum Gasteiger partial charge on any atom is -0.367 e. The summed E-state index contributed by atoms with van der Waals surface area (Å²) in [5, 5.41) is 3.20. The molecule has 1 saturated heterocycles. The molecule has 7 nitrogen and oxygen atoms in total. The van der Waals surface area contributed by atoms with E-state index in [1.807, 2.05) is 4.90 Å². The molecule has 0 saturated carbocycles. The van der Waals surface area contributed by atoms with Gasteiger partial charge in [0.1, 0.15) is 5.82 Å². The number of imidazole rings is 1. The van der Waals surface area contributed by atoms with Crippen LogP contribution in [-0.2, 0) is 16.6 Å². The quantitative estimate of drug-likeness (QED) is 0.735. The normalized spacial score (nSPS) is 15.8. The van der Waals surface area contributed by atoms with Crippen molar-refractivity contribution < 1.29 is 12.8 Å². The number of nitrogens with zero attached hydrogens (tertiary/aromatic N) is 2. The smallest absolute Gasteiger partial charge is 0.257 e. The molecule has 2 aromatic rings. The lowest BCUT2D eigenvalue weighted by molar-refractivity contribution is 0.564. The number of hydrogen-bond donors (Lipinski definition) is 3. The molecule has 0 bridgehead atoms. The van der Waals surface area contributed by atoms with Crippen LogP contribution in [0.1, 0.15) is 5.56 Å². The maximum absolute atomic E-state index is 14.3. The van der Waals surface area contributed by atoms with Gasteiger partial charge in [0.15, 0.2) is 5.03 Å². The fourth-order valence-corrected chi connectivity index (χ4v) is 3.39. The zero-order valence-electron chi connectivity index (χ0n) is 12.4. The summed E-state index contributed by atoms with van der Waals surface area (Å²) in [6, 6.07) is 4.79. The van der Waals surface area contributed by atoms with E-state index in [1.165, 1.54) is 18.6 Å². The highest BCUT2D eigenvalue weighted by Crippen LogP contribution is 2.21. The van der Waals surface area contributed by atoms with Gasteiger partial charge in [-0.15, -0.1) is 0 Å². The van der Waals surface area contributed by atoms with Gasteiger partial charge in [-0.3, -0.25) is 0 Å². The van der Waals surface area contributed by atoms with Crippen LogP contribution in [0.2, 0.25) is 0 Å². The molecule has 9 heteroatoms. The lowest BCUT2D eigenvalue weighted by Crippen LogP contribution is -2.43. The molecular weight excluding hydrogens is 321 g/mol. The van der Waals surface area contributed by atoms with Crippen molar-refractivity contribution in [2.45, 2.75) is 11.6 Å². The van der Waals surface area contributed by atoms with Crippen molar-refractivity contribution >= 4 is 15.7 Å². The van der Waals surface area contributed by atoms with E-state index in [0.717, 1.165) is 26.2 Å². The van der Waals surface area contributed by atoms with Crippen LogP contribution < -0.4 is 14.9 Å². The van der Waals surface area contributed by atoms with Gasteiger partial charge in [0, 0.05) is 32.7 Å². The van der Waals surface area contributed by atoms with Crippen LogP contribution in [0.25, 0.3) is 0 Å². The molecule has 0 aliphatic carbocycles. The molecule has 1 aliphatic heterocycles. The van der Waals surface area contributed by atoms with Gasteiger partial charge in [-0.1, -0.05) is 6.07 Å². The van der Waals surface area contributed by atoms with Gasteiger partial charge in [-0.2, -0.15) is 0 Å². The van der Waals surface area contributed by atoms with Gasteiger partial charge in [0.25, 0.3) is 10.0 Å². The number of hydrogen-bond acceptors (Lipinski definition) is 5. The highest BCUT2D eigenvalue weighted by atomic mass is 32.2. The third-order valence-electron chi connectivity index (χ3n) is 3.70. The van der Waals surface area contributed by atoms with Crippen LogP contribution in [0.15, 0.2) is 35.7 Å². The van der Waals surface area contributed by atoms with Crippen LogP contribution >= 0.6 is 0 Å². The molecular formula is C14H18FN5O2S. The second-order valence-electron chi connectivity index (χ2n) is 5.26. The van der Waals surface area contributed by atoms with Gasteiger partial charge in [0.05, 0.1) is 18.2 Å². The molecule has 1 aromatic heterocycles. The second kappa shape index (κ2) is 6.65. The van der Waals surface area contributed by atoms with Gasteiger partial charge < -0.3 is 15.2 Å². The van der Waals surface area contributed by atoms with Crippen molar-refractivity contribution in [1.29, 1.82) is 0 Å². The summed E-state index contributed by atoms with van der Waals surface area (Å²) in [4.78, 5) is 8.18. The summed E-state index contributed by atoms with van der Waals surface area (Å²) in [6.45, 7) is 3.17. The van der Waals surface area contributed by atoms with E-state index < -0.39 is 10.0 Å². The average molecular weight is 339 g/mol. The van der Waals surface area contributed by atoms with Crippen molar-refractivity contribution in [2.24, 2.45) is 0 Å². The molecule has 124 valence electrons. The number of benzene rings is 1. The Morgan fingerprint density at radius 2 is 2.09 bits per heavy atom. The summed E-state index contributed by atoms with van der Waals surface area (Å²) in [7, 11) is -3.67. The molecule has 0 atom stereocenters. The Labute approximate surface area is 134 Å².